The first-order valence-electron chi connectivity index (χ1n) is 5.66. The van der Waals surface area contributed by atoms with E-state index in [2.05, 4.69) is 10.4 Å². The summed E-state index contributed by atoms with van der Waals surface area (Å²) < 4.78 is 1.42. The van der Waals surface area contributed by atoms with Gasteiger partial charge in [0.15, 0.2) is 0 Å². The largest absolute Gasteiger partial charge is 0.388 e. The van der Waals surface area contributed by atoms with Crippen LogP contribution in [0.3, 0.4) is 0 Å². The second-order valence-corrected chi connectivity index (χ2v) is 5.47. The molecule has 0 aliphatic heterocycles. The third-order valence-corrected chi connectivity index (χ3v) is 3.33. The number of nitrogens with one attached hydrogen (secondary N) is 1. The molecule has 0 amide bonds. The quantitative estimate of drug-likeness (QED) is 0.630. The Hall–Kier alpha value is -1.63. The standard InChI is InChI=1S/C11H20N4O3/c1-7-8(15(17)18)9(14(6)13-7)12-10(2,3)11(4,5)16/h12,16H,1-6H3. The van der Waals surface area contributed by atoms with Crippen LogP contribution in [0.2, 0.25) is 0 Å². The normalized spacial score (nSPS) is 12.6. The molecule has 0 fully saturated rings. The predicted octanol–water partition coefficient (Wildman–Crippen LogP) is 1.60. The lowest BCUT2D eigenvalue weighted by atomic mass is 9.86. The van der Waals surface area contributed by atoms with Crippen LogP contribution in [0, 0.1) is 17.0 Å². The molecule has 0 aliphatic carbocycles. The van der Waals surface area contributed by atoms with Crippen molar-refractivity contribution in [3.63, 3.8) is 0 Å². The van der Waals surface area contributed by atoms with Crippen molar-refractivity contribution in [2.24, 2.45) is 7.05 Å². The molecular weight excluding hydrogens is 236 g/mol. The van der Waals surface area contributed by atoms with Gasteiger partial charge in [-0.3, -0.25) is 10.1 Å². The SMILES string of the molecule is Cc1nn(C)c(NC(C)(C)C(C)(C)O)c1[N+](=O)[O-]. The van der Waals surface area contributed by atoms with E-state index in [4.69, 9.17) is 0 Å². The Morgan fingerprint density at radius 3 is 2.28 bits per heavy atom. The molecule has 0 aliphatic rings. The fraction of sp³-hybridized carbons (Fsp3) is 0.727. The van der Waals surface area contributed by atoms with Gasteiger partial charge in [-0.25, -0.2) is 4.68 Å². The average molecular weight is 256 g/mol. The van der Waals surface area contributed by atoms with Gasteiger partial charge in [0.1, 0.15) is 5.69 Å². The van der Waals surface area contributed by atoms with Crippen molar-refractivity contribution < 1.29 is 10.0 Å². The zero-order valence-electron chi connectivity index (χ0n) is 11.6. The highest BCUT2D eigenvalue weighted by Crippen LogP contribution is 2.33. The molecule has 0 aromatic carbocycles. The summed E-state index contributed by atoms with van der Waals surface area (Å²) in [6, 6.07) is 0. The van der Waals surface area contributed by atoms with Crippen LogP contribution in [0.15, 0.2) is 0 Å². The summed E-state index contributed by atoms with van der Waals surface area (Å²) in [4.78, 5) is 10.6. The summed E-state index contributed by atoms with van der Waals surface area (Å²) >= 11 is 0. The maximum atomic E-state index is 11.0. The smallest absolute Gasteiger partial charge is 0.333 e. The molecule has 2 N–H and O–H groups in total. The van der Waals surface area contributed by atoms with Crippen LogP contribution in [0.4, 0.5) is 11.5 Å². The molecule has 102 valence electrons. The van der Waals surface area contributed by atoms with Gasteiger partial charge in [-0.15, -0.1) is 0 Å². The molecule has 0 saturated carbocycles. The number of rotatable bonds is 4. The molecule has 18 heavy (non-hydrogen) atoms. The zero-order chi connectivity index (χ0) is 14.3. The van der Waals surface area contributed by atoms with Crippen molar-refractivity contribution in [3.05, 3.63) is 15.8 Å². The number of aromatic nitrogens is 2. The summed E-state index contributed by atoms with van der Waals surface area (Å²) in [7, 11) is 1.63. The molecule has 0 atom stereocenters. The zero-order valence-corrected chi connectivity index (χ0v) is 11.6. The van der Waals surface area contributed by atoms with Crippen molar-refractivity contribution in [3.8, 4) is 0 Å². The molecule has 1 rings (SSSR count). The van der Waals surface area contributed by atoms with Gasteiger partial charge in [-0.1, -0.05) is 0 Å². The highest BCUT2D eigenvalue weighted by molar-refractivity contribution is 5.60. The van der Waals surface area contributed by atoms with Gasteiger partial charge >= 0.3 is 5.69 Å². The van der Waals surface area contributed by atoms with E-state index in [1.807, 2.05) is 0 Å². The lowest BCUT2D eigenvalue weighted by molar-refractivity contribution is -0.384. The Labute approximate surface area is 106 Å². The number of nitro groups is 1. The molecule has 0 saturated heterocycles. The van der Waals surface area contributed by atoms with Crippen LogP contribution < -0.4 is 5.32 Å². The molecule has 1 aromatic heterocycles. The minimum absolute atomic E-state index is 0.0603. The lowest BCUT2D eigenvalue weighted by Crippen LogP contribution is -2.51. The van der Waals surface area contributed by atoms with Crippen molar-refractivity contribution in [1.82, 2.24) is 9.78 Å². The Bertz CT molecular complexity index is 471. The van der Waals surface area contributed by atoms with Gasteiger partial charge < -0.3 is 10.4 Å². The van der Waals surface area contributed by atoms with E-state index in [0.29, 0.717) is 11.5 Å². The molecule has 1 heterocycles. The molecule has 7 nitrogen and oxygen atoms in total. The first kappa shape index (κ1) is 14.4. The maximum Gasteiger partial charge on any atom is 0.333 e. The summed E-state index contributed by atoms with van der Waals surface area (Å²) in [5, 5.41) is 28.1. The Morgan fingerprint density at radius 2 is 1.89 bits per heavy atom. The van der Waals surface area contributed by atoms with Crippen molar-refractivity contribution in [2.75, 3.05) is 5.32 Å². The van der Waals surface area contributed by atoms with Gasteiger partial charge in [0, 0.05) is 7.05 Å². The topological polar surface area (TPSA) is 93.2 Å². The molecular formula is C11H20N4O3. The average Bonchev–Trinajstić information content (AvgIpc) is 2.38. The summed E-state index contributed by atoms with van der Waals surface area (Å²) in [6.07, 6.45) is 0. The van der Waals surface area contributed by atoms with E-state index < -0.39 is 16.1 Å². The first-order chi connectivity index (χ1) is 7.97. The van der Waals surface area contributed by atoms with Crippen molar-refractivity contribution in [1.29, 1.82) is 0 Å². The van der Waals surface area contributed by atoms with E-state index in [9.17, 15) is 15.2 Å². The Morgan fingerprint density at radius 1 is 1.39 bits per heavy atom. The number of hydrogen-bond donors (Lipinski definition) is 2. The molecule has 7 heteroatoms. The van der Waals surface area contributed by atoms with Crippen LogP contribution in [0.25, 0.3) is 0 Å². The van der Waals surface area contributed by atoms with Crippen LogP contribution in [-0.4, -0.2) is 31.0 Å². The molecule has 0 radical (unpaired) electrons. The first-order valence-corrected chi connectivity index (χ1v) is 5.66. The fourth-order valence-electron chi connectivity index (χ4n) is 1.45. The monoisotopic (exact) mass is 256 g/mol. The maximum absolute atomic E-state index is 11.0. The van der Waals surface area contributed by atoms with Crippen molar-refractivity contribution in [2.45, 2.75) is 45.8 Å². The second-order valence-electron chi connectivity index (χ2n) is 5.47. The number of hydrogen-bond acceptors (Lipinski definition) is 5. The van der Waals surface area contributed by atoms with Crippen molar-refractivity contribution >= 4 is 11.5 Å². The van der Waals surface area contributed by atoms with Gasteiger partial charge in [-0.2, -0.15) is 5.10 Å². The summed E-state index contributed by atoms with van der Waals surface area (Å²) in [5.74, 6) is 0.296. The van der Waals surface area contributed by atoms with Gasteiger partial charge in [0.05, 0.1) is 16.1 Å². The van der Waals surface area contributed by atoms with Crippen LogP contribution in [-0.2, 0) is 7.05 Å². The number of nitrogens with zero attached hydrogens (tertiary/aromatic N) is 3. The van der Waals surface area contributed by atoms with Gasteiger partial charge in [0.25, 0.3) is 0 Å². The molecule has 0 unspecified atom stereocenters. The molecule has 1 aromatic rings. The van der Waals surface area contributed by atoms with E-state index in [0.717, 1.165) is 0 Å². The van der Waals surface area contributed by atoms with Gasteiger partial charge in [-0.05, 0) is 34.6 Å². The summed E-state index contributed by atoms with van der Waals surface area (Å²) in [6.45, 7) is 8.43. The predicted molar refractivity (Wildman–Crippen MR) is 68.6 cm³/mol. The third kappa shape index (κ3) is 2.45. The Balaban J connectivity index is 3.24. The molecule has 0 bridgehead atoms. The number of anilines is 1. The minimum atomic E-state index is -1.04. The molecule has 0 spiro atoms. The highest BCUT2D eigenvalue weighted by Gasteiger charge is 2.38. The number of aryl methyl sites for hydroxylation is 2. The Kier molecular flexibility index (Phi) is 3.40. The van der Waals surface area contributed by atoms with E-state index in [1.165, 1.54) is 4.68 Å². The van der Waals surface area contributed by atoms with E-state index in [-0.39, 0.29) is 5.69 Å². The second kappa shape index (κ2) is 4.24. The van der Waals surface area contributed by atoms with Crippen LogP contribution >= 0.6 is 0 Å². The van der Waals surface area contributed by atoms with E-state index in [1.54, 1.807) is 41.7 Å². The lowest BCUT2D eigenvalue weighted by Gasteiger charge is -2.38. The highest BCUT2D eigenvalue weighted by atomic mass is 16.6. The van der Waals surface area contributed by atoms with Gasteiger partial charge in [0.2, 0.25) is 5.82 Å². The van der Waals surface area contributed by atoms with E-state index >= 15 is 0 Å². The van der Waals surface area contributed by atoms with Crippen LogP contribution in [0.5, 0.6) is 0 Å². The summed E-state index contributed by atoms with van der Waals surface area (Å²) in [5.41, 5.74) is -1.50. The number of aliphatic hydroxyl groups is 1. The minimum Gasteiger partial charge on any atom is -0.388 e. The third-order valence-electron chi connectivity index (χ3n) is 3.33. The van der Waals surface area contributed by atoms with Crippen LogP contribution in [0.1, 0.15) is 33.4 Å². The fourth-order valence-corrected chi connectivity index (χ4v) is 1.45.